The SMILES string of the molecule is COCCN(C)C[C@@H]1CN(Cc2c(C)nc3sccn23)C[C@@H]1CO. The summed E-state index contributed by atoms with van der Waals surface area (Å²) in [6.45, 7) is 7.92. The third-order valence-corrected chi connectivity index (χ3v) is 5.80. The zero-order valence-electron chi connectivity index (χ0n) is 14.8. The fourth-order valence-electron chi connectivity index (χ4n) is 3.66. The number of aryl methyl sites for hydroxylation is 1. The second-order valence-corrected chi connectivity index (χ2v) is 7.72. The van der Waals surface area contributed by atoms with E-state index in [0.717, 1.165) is 50.0 Å². The van der Waals surface area contributed by atoms with Crippen molar-refractivity contribution in [3.8, 4) is 0 Å². The van der Waals surface area contributed by atoms with Crippen molar-refractivity contribution >= 4 is 16.3 Å². The predicted octanol–water partition coefficient (Wildman–Crippen LogP) is 1.32. The first kappa shape index (κ1) is 17.8. The van der Waals surface area contributed by atoms with Crippen LogP contribution in [0.3, 0.4) is 0 Å². The molecular formula is C17H28N4O2S. The van der Waals surface area contributed by atoms with Gasteiger partial charge in [-0.25, -0.2) is 4.98 Å². The van der Waals surface area contributed by atoms with Crippen LogP contribution in [0.5, 0.6) is 0 Å². The fourth-order valence-corrected chi connectivity index (χ4v) is 4.44. The van der Waals surface area contributed by atoms with Crippen molar-refractivity contribution in [2.24, 2.45) is 11.8 Å². The van der Waals surface area contributed by atoms with Crippen LogP contribution in [0.15, 0.2) is 11.6 Å². The molecule has 0 aromatic carbocycles. The molecule has 0 aliphatic carbocycles. The molecule has 0 bridgehead atoms. The maximum Gasteiger partial charge on any atom is 0.194 e. The van der Waals surface area contributed by atoms with Gasteiger partial charge in [0.1, 0.15) is 0 Å². The number of nitrogens with zero attached hydrogens (tertiary/aromatic N) is 4. The third-order valence-electron chi connectivity index (χ3n) is 5.04. The Hall–Kier alpha value is -0.990. The van der Waals surface area contributed by atoms with Gasteiger partial charge in [0.15, 0.2) is 4.96 Å². The molecule has 0 spiro atoms. The van der Waals surface area contributed by atoms with E-state index in [0.29, 0.717) is 11.8 Å². The molecule has 134 valence electrons. The molecule has 1 saturated heterocycles. The predicted molar refractivity (Wildman–Crippen MR) is 96.5 cm³/mol. The van der Waals surface area contributed by atoms with E-state index in [4.69, 9.17) is 4.74 Å². The van der Waals surface area contributed by atoms with Gasteiger partial charge in [0.25, 0.3) is 0 Å². The average Bonchev–Trinajstić information content (AvgIpc) is 3.23. The molecule has 3 heterocycles. The van der Waals surface area contributed by atoms with Crippen LogP contribution in [-0.4, -0.2) is 77.8 Å². The van der Waals surface area contributed by atoms with E-state index in [-0.39, 0.29) is 6.61 Å². The Morgan fingerprint density at radius 3 is 2.96 bits per heavy atom. The molecule has 2 aromatic heterocycles. The summed E-state index contributed by atoms with van der Waals surface area (Å²) in [4.78, 5) is 10.5. The van der Waals surface area contributed by atoms with Gasteiger partial charge in [0.05, 0.1) is 18.0 Å². The Labute approximate surface area is 147 Å². The number of thiazole rings is 1. The number of likely N-dealkylation sites (N-methyl/N-ethyl adjacent to an activating group) is 1. The van der Waals surface area contributed by atoms with Gasteiger partial charge < -0.3 is 14.7 Å². The first-order chi connectivity index (χ1) is 11.6. The van der Waals surface area contributed by atoms with E-state index in [9.17, 15) is 5.11 Å². The highest BCUT2D eigenvalue weighted by Gasteiger charge is 2.33. The maximum absolute atomic E-state index is 9.78. The van der Waals surface area contributed by atoms with E-state index in [1.807, 2.05) is 0 Å². The van der Waals surface area contributed by atoms with Gasteiger partial charge in [-0.2, -0.15) is 0 Å². The summed E-state index contributed by atoms with van der Waals surface area (Å²) in [5.41, 5.74) is 2.39. The lowest BCUT2D eigenvalue weighted by Crippen LogP contribution is -2.33. The number of rotatable bonds is 8. The molecule has 0 radical (unpaired) electrons. The van der Waals surface area contributed by atoms with Crippen molar-refractivity contribution in [1.29, 1.82) is 0 Å². The number of ether oxygens (including phenoxy) is 1. The van der Waals surface area contributed by atoms with Crippen LogP contribution in [0, 0.1) is 18.8 Å². The lowest BCUT2D eigenvalue weighted by atomic mass is 9.96. The highest BCUT2D eigenvalue weighted by atomic mass is 32.1. The van der Waals surface area contributed by atoms with Crippen LogP contribution in [0.4, 0.5) is 0 Å². The van der Waals surface area contributed by atoms with Crippen molar-refractivity contribution in [2.45, 2.75) is 13.5 Å². The number of methoxy groups -OCH3 is 1. The second-order valence-electron chi connectivity index (χ2n) is 6.85. The van der Waals surface area contributed by atoms with E-state index < -0.39 is 0 Å². The fraction of sp³-hybridized carbons (Fsp3) is 0.706. The van der Waals surface area contributed by atoms with Gasteiger partial charge in [0.2, 0.25) is 0 Å². The van der Waals surface area contributed by atoms with Gasteiger partial charge in [-0.3, -0.25) is 9.30 Å². The molecule has 2 aromatic rings. The number of aromatic nitrogens is 2. The van der Waals surface area contributed by atoms with Crippen LogP contribution < -0.4 is 0 Å². The molecule has 0 saturated carbocycles. The lowest BCUT2D eigenvalue weighted by Gasteiger charge is -2.23. The number of aliphatic hydroxyl groups excluding tert-OH is 1. The van der Waals surface area contributed by atoms with Crippen molar-refractivity contribution in [1.82, 2.24) is 19.2 Å². The molecule has 24 heavy (non-hydrogen) atoms. The highest BCUT2D eigenvalue weighted by molar-refractivity contribution is 7.15. The van der Waals surface area contributed by atoms with Crippen molar-refractivity contribution in [2.75, 3.05) is 53.6 Å². The van der Waals surface area contributed by atoms with Crippen LogP contribution in [0.2, 0.25) is 0 Å². The minimum absolute atomic E-state index is 0.262. The number of aliphatic hydroxyl groups is 1. The second kappa shape index (κ2) is 7.93. The number of fused-ring (bicyclic) bond motifs is 1. The van der Waals surface area contributed by atoms with E-state index in [1.54, 1.807) is 18.4 Å². The standard InChI is InChI=1S/C17H28N4O2S/c1-13-16(21-5-7-24-17(21)18-13)11-20-9-14(15(10-20)12-22)8-19(2)4-6-23-3/h5,7,14-15,22H,4,6,8-12H2,1-3H3/t14-,15-/m1/s1. The van der Waals surface area contributed by atoms with Gasteiger partial charge in [0, 0.05) is 58.0 Å². The average molecular weight is 353 g/mol. The molecule has 1 N–H and O–H groups in total. The minimum atomic E-state index is 0.262. The molecule has 6 nitrogen and oxygen atoms in total. The first-order valence-electron chi connectivity index (χ1n) is 8.54. The molecule has 0 unspecified atom stereocenters. The van der Waals surface area contributed by atoms with Crippen molar-refractivity contribution < 1.29 is 9.84 Å². The summed E-state index contributed by atoms with van der Waals surface area (Å²) in [7, 11) is 3.87. The zero-order valence-corrected chi connectivity index (χ0v) is 15.6. The van der Waals surface area contributed by atoms with Crippen LogP contribution in [0.25, 0.3) is 4.96 Å². The maximum atomic E-state index is 9.78. The Kier molecular flexibility index (Phi) is 5.89. The summed E-state index contributed by atoms with van der Waals surface area (Å²) in [5, 5.41) is 11.9. The molecule has 2 atom stereocenters. The van der Waals surface area contributed by atoms with E-state index in [1.165, 1.54) is 5.69 Å². The van der Waals surface area contributed by atoms with E-state index in [2.05, 4.69) is 44.7 Å². The molecular weight excluding hydrogens is 324 g/mol. The number of hydrogen-bond donors (Lipinski definition) is 1. The van der Waals surface area contributed by atoms with Gasteiger partial charge in [-0.05, 0) is 25.8 Å². The summed E-state index contributed by atoms with van der Waals surface area (Å²) < 4.78 is 7.36. The third kappa shape index (κ3) is 3.81. The Morgan fingerprint density at radius 2 is 2.21 bits per heavy atom. The number of hydrogen-bond acceptors (Lipinski definition) is 6. The summed E-state index contributed by atoms with van der Waals surface area (Å²) in [6, 6.07) is 0. The molecule has 1 aliphatic rings. The molecule has 1 aliphatic heterocycles. The molecule has 1 fully saturated rings. The van der Waals surface area contributed by atoms with Crippen LogP contribution in [0.1, 0.15) is 11.4 Å². The summed E-state index contributed by atoms with van der Waals surface area (Å²) in [5.74, 6) is 0.851. The van der Waals surface area contributed by atoms with Gasteiger partial charge >= 0.3 is 0 Å². The Balaban J connectivity index is 1.63. The minimum Gasteiger partial charge on any atom is -0.396 e. The topological polar surface area (TPSA) is 53.2 Å². The first-order valence-corrected chi connectivity index (χ1v) is 9.42. The monoisotopic (exact) mass is 352 g/mol. The molecule has 7 heteroatoms. The van der Waals surface area contributed by atoms with E-state index >= 15 is 0 Å². The zero-order chi connectivity index (χ0) is 17.1. The highest BCUT2D eigenvalue weighted by Crippen LogP contribution is 2.27. The van der Waals surface area contributed by atoms with Crippen LogP contribution >= 0.6 is 11.3 Å². The normalized spacial score (nSPS) is 22.2. The molecule has 0 amide bonds. The Morgan fingerprint density at radius 1 is 1.42 bits per heavy atom. The van der Waals surface area contributed by atoms with Crippen molar-refractivity contribution in [3.05, 3.63) is 23.0 Å². The number of likely N-dealkylation sites (tertiary alicyclic amines) is 1. The lowest BCUT2D eigenvalue weighted by molar-refractivity contribution is 0.136. The van der Waals surface area contributed by atoms with Gasteiger partial charge in [-0.15, -0.1) is 11.3 Å². The molecule has 3 rings (SSSR count). The van der Waals surface area contributed by atoms with Crippen LogP contribution in [-0.2, 0) is 11.3 Å². The van der Waals surface area contributed by atoms with Gasteiger partial charge in [-0.1, -0.05) is 0 Å². The quantitative estimate of drug-likeness (QED) is 0.777. The Bertz CT molecular complexity index is 656. The smallest absolute Gasteiger partial charge is 0.194 e. The largest absolute Gasteiger partial charge is 0.396 e. The van der Waals surface area contributed by atoms with Crippen molar-refractivity contribution in [3.63, 3.8) is 0 Å². The number of imidazole rings is 1. The summed E-state index contributed by atoms with van der Waals surface area (Å²) in [6.07, 6.45) is 2.10. The summed E-state index contributed by atoms with van der Waals surface area (Å²) >= 11 is 1.68.